The Morgan fingerprint density at radius 2 is 1.93 bits per heavy atom. The second kappa shape index (κ2) is 8.62. The van der Waals surface area contributed by atoms with Gasteiger partial charge >= 0.3 is 5.97 Å². The zero-order valence-electron chi connectivity index (χ0n) is 16.0. The van der Waals surface area contributed by atoms with Crippen molar-refractivity contribution in [3.05, 3.63) is 18.2 Å². The van der Waals surface area contributed by atoms with Gasteiger partial charge in [-0.15, -0.1) is 0 Å². The van der Waals surface area contributed by atoms with Crippen LogP contribution >= 0.6 is 11.8 Å². The summed E-state index contributed by atoms with van der Waals surface area (Å²) in [5.41, 5.74) is 0.650. The average Bonchev–Trinajstić information content (AvgIpc) is 3.11. The number of benzene rings is 1. The topological polar surface area (TPSA) is 123 Å². The summed E-state index contributed by atoms with van der Waals surface area (Å²) in [4.78, 5) is 28.8. The van der Waals surface area contributed by atoms with Gasteiger partial charge in [0.15, 0.2) is 26.5 Å². The van der Waals surface area contributed by atoms with E-state index < -0.39 is 21.7 Å². The number of anilines is 1. The molecule has 9 nitrogen and oxygen atoms in total. The number of carbonyl (C=O) groups is 2. The molecule has 1 aromatic rings. The summed E-state index contributed by atoms with van der Waals surface area (Å²) in [7, 11) is -0.151. The lowest BCUT2D eigenvalue weighted by Gasteiger charge is -2.25. The zero-order valence-corrected chi connectivity index (χ0v) is 17.7. The van der Waals surface area contributed by atoms with Crippen molar-refractivity contribution in [2.45, 2.75) is 30.6 Å². The average molecular weight is 443 g/mol. The summed E-state index contributed by atoms with van der Waals surface area (Å²) in [6, 6.07) is 4.85. The predicted molar refractivity (Wildman–Crippen MR) is 110 cm³/mol. The van der Waals surface area contributed by atoms with Crippen LogP contribution in [0.25, 0.3) is 0 Å². The van der Waals surface area contributed by atoms with Gasteiger partial charge in [-0.25, -0.2) is 8.42 Å². The lowest BCUT2D eigenvalue weighted by molar-refractivity contribution is -0.137. The van der Waals surface area contributed by atoms with E-state index in [2.05, 4.69) is 4.99 Å². The third-order valence-corrected chi connectivity index (χ3v) is 7.92. The number of sulfone groups is 1. The molecule has 158 valence electrons. The molecule has 0 bridgehead atoms. The standard InChI is InChI=1S/C18H22N2O7S2/c1-26-13-7-6-11(8-14(13)27-2)20-12-9-29(24,25)10-15(12)28-18(20)19-16(21)4-3-5-17(22)23/h6-8,12,15H,3-5,9-10H2,1-2H3,(H,22,23)/t12-,15-/m1/s1. The van der Waals surface area contributed by atoms with Gasteiger partial charge in [0.25, 0.3) is 0 Å². The van der Waals surface area contributed by atoms with Crippen molar-refractivity contribution in [1.82, 2.24) is 0 Å². The number of carbonyl (C=O) groups excluding carboxylic acids is 1. The molecule has 2 saturated heterocycles. The largest absolute Gasteiger partial charge is 0.493 e. The third-order valence-electron chi connectivity index (χ3n) is 4.71. The maximum Gasteiger partial charge on any atom is 0.303 e. The van der Waals surface area contributed by atoms with Crippen molar-refractivity contribution in [2.24, 2.45) is 4.99 Å². The van der Waals surface area contributed by atoms with Crippen molar-refractivity contribution in [1.29, 1.82) is 0 Å². The van der Waals surface area contributed by atoms with Gasteiger partial charge in [-0.3, -0.25) is 9.59 Å². The third kappa shape index (κ3) is 4.84. The molecular weight excluding hydrogens is 420 g/mol. The van der Waals surface area contributed by atoms with Crippen LogP contribution in [-0.2, 0) is 19.4 Å². The second-order valence-corrected chi connectivity index (χ2v) is 10.1. The molecule has 29 heavy (non-hydrogen) atoms. The Morgan fingerprint density at radius 1 is 1.21 bits per heavy atom. The Labute approximate surface area is 173 Å². The van der Waals surface area contributed by atoms with Gasteiger partial charge in [-0.2, -0.15) is 4.99 Å². The molecule has 1 amide bonds. The number of amidine groups is 1. The van der Waals surface area contributed by atoms with Crippen LogP contribution in [0.2, 0.25) is 0 Å². The Morgan fingerprint density at radius 3 is 2.59 bits per heavy atom. The number of methoxy groups -OCH3 is 2. The number of fused-ring (bicyclic) bond motifs is 1. The Bertz CT molecular complexity index is 946. The van der Waals surface area contributed by atoms with Gasteiger partial charge in [-0.1, -0.05) is 11.8 Å². The smallest absolute Gasteiger partial charge is 0.303 e. The van der Waals surface area contributed by atoms with Gasteiger partial charge < -0.3 is 19.5 Å². The first kappa shape index (κ1) is 21.4. The van der Waals surface area contributed by atoms with E-state index in [1.165, 1.54) is 26.0 Å². The van der Waals surface area contributed by atoms with E-state index in [0.717, 1.165) is 0 Å². The molecular formula is C18H22N2O7S2. The van der Waals surface area contributed by atoms with Gasteiger partial charge in [0, 0.05) is 29.8 Å². The summed E-state index contributed by atoms with van der Waals surface area (Å²) in [5, 5.41) is 8.91. The normalized spacial score (nSPS) is 23.8. The molecule has 0 spiro atoms. The first-order chi connectivity index (χ1) is 13.7. The number of amides is 1. The maximum atomic E-state index is 12.2. The molecule has 2 fully saturated rings. The fourth-order valence-corrected chi connectivity index (χ4v) is 7.33. The number of ether oxygens (including phenoxy) is 2. The lowest BCUT2D eigenvalue weighted by Crippen LogP contribution is -2.37. The monoisotopic (exact) mass is 442 g/mol. The van der Waals surface area contributed by atoms with Gasteiger partial charge in [-0.05, 0) is 18.6 Å². The number of hydrogen-bond donors (Lipinski definition) is 1. The Balaban J connectivity index is 1.91. The second-order valence-electron chi connectivity index (χ2n) is 6.75. The number of aliphatic carboxylic acids is 1. The molecule has 11 heteroatoms. The minimum absolute atomic E-state index is 0.0176. The van der Waals surface area contributed by atoms with E-state index in [1.54, 1.807) is 23.1 Å². The highest BCUT2D eigenvalue weighted by atomic mass is 32.2. The highest BCUT2D eigenvalue weighted by Gasteiger charge is 2.49. The predicted octanol–water partition coefficient (Wildman–Crippen LogP) is 1.56. The Kier molecular flexibility index (Phi) is 6.37. The Hall–Kier alpha value is -2.27. The molecule has 0 unspecified atom stereocenters. The molecule has 2 atom stereocenters. The highest BCUT2D eigenvalue weighted by Crippen LogP contribution is 2.43. The van der Waals surface area contributed by atoms with Gasteiger partial charge in [0.2, 0.25) is 5.91 Å². The molecule has 1 N–H and O–H groups in total. The number of aliphatic imine (C=N–C) groups is 1. The van der Waals surface area contributed by atoms with Crippen LogP contribution in [0.15, 0.2) is 23.2 Å². The fraction of sp³-hybridized carbons (Fsp3) is 0.500. The van der Waals surface area contributed by atoms with E-state index >= 15 is 0 Å². The summed E-state index contributed by atoms with van der Waals surface area (Å²) in [6.45, 7) is 0. The zero-order chi connectivity index (χ0) is 21.2. The molecule has 1 aromatic carbocycles. The summed E-state index contributed by atoms with van der Waals surface area (Å²) >= 11 is 1.27. The van der Waals surface area contributed by atoms with Crippen LogP contribution in [0.4, 0.5) is 5.69 Å². The molecule has 0 aromatic heterocycles. The molecule has 3 rings (SSSR count). The SMILES string of the molecule is COc1ccc(N2C(=NC(=O)CCCC(=O)O)S[C@@H]3CS(=O)(=O)C[C@H]32)cc1OC. The van der Waals surface area contributed by atoms with Gasteiger partial charge in [0.05, 0.1) is 31.8 Å². The van der Waals surface area contributed by atoms with Crippen molar-refractivity contribution >= 4 is 44.3 Å². The van der Waals surface area contributed by atoms with E-state index in [9.17, 15) is 18.0 Å². The summed E-state index contributed by atoms with van der Waals surface area (Å²) in [5.74, 6) is -0.383. The number of carboxylic acid groups (broad SMARTS) is 1. The summed E-state index contributed by atoms with van der Waals surface area (Å²) in [6.07, 6.45) is 0.115. The first-order valence-electron chi connectivity index (χ1n) is 8.95. The molecule has 2 aliphatic rings. The van der Waals surface area contributed by atoms with E-state index in [1.807, 2.05) is 0 Å². The van der Waals surface area contributed by atoms with Crippen LogP contribution in [0.3, 0.4) is 0 Å². The van der Waals surface area contributed by atoms with E-state index in [4.69, 9.17) is 14.6 Å². The molecule has 0 aliphatic carbocycles. The van der Waals surface area contributed by atoms with E-state index in [-0.39, 0.29) is 42.1 Å². The number of hydrogen-bond acceptors (Lipinski definition) is 7. The molecule has 0 radical (unpaired) electrons. The number of carboxylic acids is 1. The van der Waals surface area contributed by atoms with Crippen LogP contribution < -0.4 is 14.4 Å². The molecule has 2 aliphatic heterocycles. The molecule has 2 heterocycles. The fourth-order valence-electron chi connectivity index (χ4n) is 3.39. The quantitative estimate of drug-likeness (QED) is 0.670. The van der Waals surface area contributed by atoms with Crippen LogP contribution in [0, 0.1) is 0 Å². The van der Waals surface area contributed by atoms with Gasteiger partial charge in [0.1, 0.15) is 0 Å². The van der Waals surface area contributed by atoms with Crippen molar-refractivity contribution < 1.29 is 32.6 Å². The number of thioether (sulfide) groups is 1. The minimum atomic E-state index is -3.17. The van der Waals surface area contributed by atoms with Crippen molar-refractivity contribution in [2.75, 3.05) is 30.6 Å². The van der Waals surface area contributed by atoms with E-state index in [0.29, 0.717) is 22.4 Å². The maximum absolute atomic E-state index is 12.2. The first-order valence-corrected chi connectivity index (χ1v) is 11.7. The van der Waals surface area contributed by atoms with Crippen molar-refractivity contribution in [3.63, 3.8) is 0 Å². The van der Waals surface area contributed by atoms with Crippen LogP contribution in [0.1, 0.15) is 19.3 Å². The van der Waals surface area contributed by atoms with Crippen molar-refractivity contribution in [3.8, 4) is 11.5 Å². The van der Waals surface area contributed by atoms with Crippen LogP contribution in [0.5, 0.6) is 11.5 Å². The lowest BCUT2D eigenvalue weighted by atomic mass is 10.2. The summed E-state index contributed by atoms with van der Waals surface area (Å²) < 4.78 is 34.9. The van der Waals surface area contributed by atoms with Crippen LogP contribution in [-0.4, -0.2) is 67.6 Å². The number of nitrogens with zero attached hydrogens (tertiary/aromatic N) is 2. The molecule has 0 saturated carbocycles. The highest BCUT2D eigenvalue weighted by molar-refractivity contribution is 8.16. The minimum Gasteiger partial charge on any atom is -0.493 e. The number of rotatable bonds is 7.